The lowest BCUT2D eigenvalue weighted by Gasteiger charge is -2.07. The number of aryl methyl sites for hydroxylation is 1. The number of nitrogens with zero attached hydrogens (tertiary/aromatic N) is 1. The molecule has 0 amide bonds. The minimum absolute atomic E-state index is 0.0732. The van der Waals surface area contributed by atoms with Crippen molar-refractivity contribution in [1.82, 2.24) is 9.97 Å². The normalized spacial score (nSPS) is 10.7. The molecule has 1 heterocycles. The number of benzene rings is 1. The van der Waals surface area contributed by atoms with Gasteiger partial charge in [-0.1, -0.05) is 13.0 Å². The van der Waals surface area contributed by atoms with Crippen molar-refractivity contribution < 1.29 is 0 Å². The number of H-pyrrole nitrogens is 1. The van der Waals surface area contributed by atoms with Crippen LogP contribution in [0.5, 0.6) is 0 Å². The number of hydrogen-bond acceptors (Lipinski definition) is 2. The molecule has 0 aliphatic rings. The first-order valence-electron chi connectivity index (χ1n) is 5.58. The van der Waals surface area contributed by atoms with Crippen molar-refractivity contribution in [2.45, 2.75) is 20.3 Å². The molecule has 2 rings (SSSR count). The third-order valence-corrected chi connectivity index (χ3v) is 4.66. The maximum Gasteiger partial charge on any atom is 0.254 e. The molecule has 0 fully saturated rings. The van der Waals surface area contributed by atoms with Crippen molar-refractivity contribution in [3.63, 3.8) is 0 Å². The fourth-order valence-electron chi connectivity index (χ4n) is 1.70. The summed E-state index contributed by atoms with van der Waals surface area (Å²) in [6, 6.07) is 5.77. The maximum atomic E-state index is 11.8. The molecule has 0 unspecified atom stereocenters. The lowest BCUT2D eigenvalue weighted by atomic mass is 10.1. The Morgan fingerprint density at radius 3 is 2.61 bits per heavy atom. The predicted octanol–water partition coefficient (Wildman–Crippen LogP) is 3.83. The summed E-state index contributed by atoms with van der Waals surface area (Å²) < 4.78 is 1.90. The molecule has 1 aromatic carbocycles. The van der Waals surface area contributed by atoms with Crippen molar-refractivity contribution in [3.8, 4) is 11.4 Å². The molecule has 0 aliphatic carbocycles. The molecular weight excluding hydrogens is 360 g/mol. The molecule has 2 aromatic rings. The number of aromatic nitrogens is 2. The van der Waals surface area contributed by atoms with Crippen LogP contribution in [0.1, 0.15) is 18.2 Å². The molecule has 3 nitrogen and oxygen atoms in total. The van der Waals surface area contributed by atoms with E-state index in [4.69, 9.17) is 0 Å². The molecule has 1 N–H and O–H groups in total. The highest BCUT2D eigenvalue weighted by atomic mass is 79.9. The number of halogens is 2. The van der Waals surface area contributed by atoms with Gasteiger partial charge in [0.2, 0.25) is 0 Å². The van der Waals surface area contributed by atoms with E-state index in [9.17, 15) is 4.79 Å². The molecular formula is C13H12Br2N2O. The molecule has 0 bridgehead atoms. The second kappa shape index (κ2) is 5.36. The third kappa shape index (κ3) is 2.57. The Balaban J connectivity index is 2.60. The number of nitrogens with one attached hydrogen (secondary N) is 1. The van der Waals surface area contributed by atoms with Crippen LogP contribution in [-0.2, 0) is 6.42 Å². The monoisotopic (exact) mass is 370 g/mol. The molecule has 0 spiro atoms. The van der Waals surface area contributed by atoms with Gasteiger partial charge in [-0.25, -0.2) is 4.98 Å². The quantitative estimate of drug-likeness (QED) is 0.871. The van der Waals surface area contributed by atoms with Crippen molar-refractivity contribution >= 4 is 31.9 Å². The summed E-state index contributed by atoms with van der Waals surface area (Å²) in [7, 11) is 0. The molecule has 0 saturated carbocycles. The molecule has 94 valence electrons. The summed E-state index contributed by atoms with van der Waals surface area (Å²) in [4.78, 5) is 19.1. The van der Waals surface area contributed by atoms with Crippen molar-refractivity contribution in [1.29, 1.82) is 0 Å². The zero-order valence-corrected chi connectivity index (χ0v) is 13.2. The van der Waals surface area contributed by atoms with Gasteiger partial charge in [-0.3, -0.25) is 4.79 Å². The number of rotatable bonds is 2. The highest BCUT2D eigenvalue weighted by molar-refractivity contribution is 9.13. The van der Waals surface area contributed by atoms with Gasteiger partial charge in [-0.15, -0.1) is 0 Å². The molecule has 1 aromatic heterocycles. The van der Waals surface area contributed by atoms with Crippen LogP contribution in [0.2, 0.25) is 0 Å². The SMILES string of the molecule is CCc1nc(-c2ccc(Br)c(Br)c2)[nH]c(=O)c1C. The second-order valence-electron chi connectivity index (χ2n) is 3.97. The number of aromatic amines is 1. The van der Waals surface area contributed by atoms with Gasteiger partial charge in [0, 0.05) is 20.1 Å². The van der Waals surface area contributed by atoms with Gasteiger partial charge in [0.1, 0.15) is 5.82 Å². The zero-order valence-electron chi connectivity index (χ0n) is 10.1. The lowest BCUT2D eigenvalue weighted by Crippen LogP contribution is -2.15. The molecule has 18 heavy (non-hydrogen) atoms. The summed E-state index contributed by atoms with van der Waals surface area (Å²) in [6.07, 6.45) is 0.750. The highest BCUT2D eigenvalue weighted by Gasteiger charge is 2.08. The van der Waals surface area contributed by atoms with E-state index in [0.717, 1.165) is 26.6 Å². The first-order valence-corrected chi connectivity index (χ1v) is 7.16. The summed E-state index contributed by atoms with van der Waals surface area (Å²) in [6.45, 7) is 3.79. The Kier molecular flexibility index (Phi) is 4.02. The minimum Gasteiger partial charge on any atom is -0.306 e. The first kappa shape index (κ1) is 13.5. The van der Waals surface area contributed by atoms with Crippen LogP contribution in [-0.4, -0.2) is 9.97 Å². The Labute approximate surface area is 122 Å². The summed E-state index contributed by atoms with van der Waals surface area (Å²) >= 11 is 6.86. The van der Waals surface area contributed by atoms with E-state index in [1.807, 2.05) is 25.1 Å². The van der Waals surface area contributed by atoms with Crippen molar-refractivity contribution in [3.05, 3.63) is 48.8 Å². The molecule has 0 aliphatic heterocycles. The van der Waals surface area contributed by atoms with Gasteiger partial charge in [-0.05, 0) is 57.3 Å². The largest absolute Gasteiger partial charge is 0.306 e. The standard InChI is InChI=1S/C13H12Br2N2O/c1-3-11-7(2)13(18)17-12(16-11)8-4-5-9(14)10(15)6-8/h4-6H,3H2,1-2H3,(H,16,17,18). The van der Waals surface area contributed by atoms with Gasteiger partial charge in [0.25, 0.3) is 5.56 Å². The van der Waals surface area contributed by atoms with E-state index < -0.39 is 0 Å². The average Bonchev–Trinajstić information content (AvgIpc) is 2.36. The van der Waals surface area contributed by atoms with Gasteiger partial charge in [-0.2, -0.15) is 0 Å². The molecule has 0 atom stereocenters. The third-order valence-electron chi connectivity index (χ3n) is 2.78. The smallest absolute Gasteiger partial charge is 0.254 e. The fraction of sp³-hybridized carbons (Fsp3) is 0.231. The summed E-state index contributed by atoms with van der Waals surface area (Å²) in [5, 5.41) is 0. The Morgan fingerprint density at radius 2 is 2.00 bits per heavy atom. The van der Waals surface area contributed by atoms with Crippen molar-refractivity contribution in [2.75, 3.05) is 0 Å². The van der Waals surface area contributed by atoms with E-state index in [1.165, 1.54) is 0 Å². The van der Waals surface area contributed by atoms with Gasteiger partial charge < -0.3 is 4.98 Å². The van der Waals surface area contributed by atoms with E-state index >= 15 is 0 Å². The Hall–Kier alpha value is -0.940. The minimum atomic E-state index is -0.0732. The number of hydrogen-bond donors (Lipinski definition) is 1. The van der Waals surface area contributed by atoms with Crippen LogP contribution in [0.15, 0.2) is 31.9 Å². The van der Waals surface area contributed by atoms with Crippen LogP contribution in [0, 0.1) is 6.92 Å². The predicted molar refractivity (Wildman–Crippen MR) is 79.8 cm³/mol. The lowest BCUT2D eigenvalue weighted by molar-refractivity contribution is 0.955. The topological polar surface area (TPSA) is 45.8 Å². The van der Waals surface area contributed by atoms with Crippen LogP contribution in [0.4, 0.5) is 0 Å². The van der Waals surface area contributed by atoms with Crippen LogP contribution < -0.4 is 5.56 Å². The Morgan fingerprint density at radius 1 is 1.28 bits per heavy atom. The molecule has 0 saturated heterocycles. The maximum absolute atomic E-state index is 11.8. The molecule has 5 heteroatoms. The van der Waals surface area contributed by atoms with Crippen LogP contribution in [0.25, 0.3) is 11.4 Å². The van der Waals surface area contributed by atoms with E-state index in [0.29, 0.717) is 11.4 Å². The second-order valence-corrected chi connectivity index (χ2v) is 5.68. The van der Waals surface area contributed by atoms with Crippen molar-refractivity contribution in [2.24, 2.45) is 0 Å². The van der Waals surface area contributed by atoms with Gasteiger partial charge in [0.05, 0.1) is 5.69 Å². The average molecular weight is 372 g/mol. The molecule has 0 radical (unpaired) electrons. The summed E-state index contributed by atoms with van der Waals surface area (Å²) in [5.74, 6) is 0.607. The highest BCUT2D eigenvalue weighted by Crippen LogP contribution is 2.27. The Bertz CT molecular complexity index is 650. The first-order chi connectivity index (χ1) is 8.52. The van der Waals surface area contributed by atoms with Gasteiger partial charge in [0.15, 0.2) is 0 Å². The van der Waals surface area contributed by atoms with E-state index in [-0.39, 0.29) is 5.56 Å². The van der Waals surface area contributed by atoms with E-state index in [1.54, 1.807) is 6.92 Å². The fourth-order valence-corrected chi connectivity index (χ4v) is 2.33. The zero-order chi connectivity index (χ0) is 13.3. The van der Waals surface area contributed by atoms with Crippen LogP contribution in [0.3, 0.4) is 0 Å². The van der Waals surface area contributed by atoms with Crippen LogP contribution >= 0.6 is 31.9 Å². The van der Waals surface area contributed by atoms with E-state index in [2.05, 4.69) is 41.8 Å². The summed E-state index contributed by atoms with van der Waals surface area (Å²) in [5.41, 5.74) is 2.35. The van der Waals surface area contributed by atoms with Gasteiger partial charge >= 0.3 is 0 Å².